The fourth-order valence-corrected chi connectivity index (χ4v) is 3.63. The highest BCUT2D eigenvalue weighted by molar-refractivity contribution is 7.89. The molecule has 2 atom stereocenters. The Bertz CT molecular complexity index is 606. The highest BCUT2D eigenvalue weighted by atomic mass is 32.2. The number of nitrogen functional groups attached to an aromatic ring is 1. The number of hydrogen-bond acceptors (Lipinski definition) is 5. The van der Waals surface area contributed by atoms with Crippen molar-refractivity contribution in [2.24, 2.45) is 0 Å². The zero-order chi connectivity index (χ0) is 15.8. The lowest BCUT2D eigenvalue weighted by Crippen LogP contribution is -2.45. The SMILES string of the molecule is CC1CN(c2cccc(S(=O)(=O)N(C)C)c2N)CC(C)O1. The molecule has 0 radical (unpaired) electrons. The molecule has 1 aliphatic rings. The first kappa shape index (κ1) is 16.1. The number of benzene rings is 1. The first-order valence-corrected chi connectivity index (χ1v) is 8.39. The van der Waals surface area contributed by atoms with Gasteiger partial charge in [-0.25, -0.2) is 12.7 Å². The number of nitrogens with two attached hydrogens (primary N) is 1. The van der Waals surface area contributed by atoms with Gasteiger partial charge < -0.3 is 15.4 Å². The van der Waals surface area contributed by atoms with Crippen molar-refractivity contribution >= 4 is 21.4 Å². The first-order chi connectivity index (χ1) is 9.73. The summed E-state index contributed by atoms with van der Waals surface area (Å²) >= 11 is 0. The number of sulfonamides is 1. The summed E-state index contributed by atoms with van der Waals surface area (Å²) in [4.78, 5) is 2.24. The second kappa shape index (κ2) is 5.82. The average molecular weight is 313 g/mol. The molecule has 0 spiro atoms. The first-order valence-electron chi connectivity index (χ1n) is 6.95. The Morgan fingerprint density at radius 2 is 1.81 bits per heavy atom. The van der Waals surface area contributed by atoms with Gasteiger partial charge in [-0.15, -0.1) is 0 Å². The molecule has 0 amide bonds. The summed E-state index contributed by atoms with van der Waals surface area (Å²) in [6.45, 7) is 5.39. The zero-order valence-electron chi connectivity index (χ0n) is 12.9. The molecule has 1 aromatic carbocycles. The number of morpholine rings is 1. The Balaban J connectivity index is 2.43. The van der Waals surface area contributed by atoms with Crippen LogP contribution in [0.3, 0.4) is 0 Å². The minimum atomic E-state index is -3.55. The minimum Gasteiger partial charge on any atom is -0.396 e. The largest absolute Gasteiger partial charge is 0.396 e. The van der Waals surface area contributed by atoms with E-state index < -0.39 is 10.0 Å². The van der Waals surface area contributed by atoms with Gasteiger partial charge in [-0.05, 0) is 26.0 Å². The number of hydrogen-bond donors (Lipinski definition) is 1. The van der Waals surface area contributed by atoms with Gasteiger partial charge in [0.25, 0.3) is 0 Å². The Kier molecular flexibility index (Phi) is 4.46. The van der Waals surface area contributed by atoms with E-state index in [4.69, 9.17) is 10.5 Å². The van der Waals surface area contributed by atoms with Crippen LogP contribution >= 0.6 is 0 Å². The Morgan fingerprint density at radius 1 is 1.24 bits per heavy atom. The third-order valence-electron chi connectivity index (χ3n) is 3.56. The molecular formula is C14H23N3O3S. The van der Waals surface area contributed by atoms with Gasteiger partial charge in [-0.2, -0.15) is 0 Å². The number of anilines is 2. The number of nitrogens with zero attached hydrogens (tertiary/aromatic N) is 2. The molecule has 1 fully saturated rings. The molecule has 0 bridgehead atoms. The highest BCUT2D eigenvalue weighted by Crippen LogP contribution is 2.32. The van der Waals surface area contributed by atoms with Gasteiger partial charge in [-0.3, -0.25) is 0 Å². The summed E-state index contributed by atoms with van der Waals surface area (Å²) in [7, 11) is -0.545. The summed E-state index contributed by atoms with van der Waals surface area (Å²) in [6.07, 6.45) is 0.171. The standard InChI is InChI=1S/C14H23N3O3S/c1-10-8-17(9-11(2)20-10)12-6-5-7-13(14(12)15)21(18,19)16(3)4/h5-7,10-11H,8-9,15H2,1-4H3. The molecule has 0 saturated carbocycles. The molecule has 118 valence electrons. The van der Waals surface area contributed by atoms with Crippen LogP contribution in [0, 0.1) is 0 Å². The smallest absolute Gasteiger partial charge is 0.244 e. The van der Waals surface area contributed by atoms with Crippen LogP contribution < -0.4 is 10.6 Å². The lowest BCUT2D eigenvalue weighted by Gasteiger charge is -2.37. The number of ether oxygens (including phenoxy) is 1. The summed E-state index contributed by atoms with van der Waals surface area (Å²) in [5.41, 5.74) is 7.19. The van der Waals surface area contributed by atoms with E-state index in [1.807, 2.05) is 19.9 Å². The molecule has 0 aliphatic carbocycles. The van der Waals surface area contributed by atoms with Crippen molar-refractivity contribution in [1.82, 2.24) is 4.31 Å². The molecule has 7 heteroatoms. The molecule has 0 aromatic heterocycles. The van der Waals surface area contributed by atoms with Crippen molar-refractivity contribution in [3.05, 3.63) is 18.2 Å². The summed E-state index contributed by atoms with van der Waals surface area (Å²) in [6, 6.07) is 5.13. The van der Waals surface area contributed by atoms with Gasteiger partial charge in [0.05, 0.1) is 23.6 Å². The van der Waals surface area contributed by atoms with E-state index in [2.05, 4.69) is 4.90 Å². The van der Waals surface area contributed by atoms with E-state index in [0.29, 0.717) is 18.8 Å². The quantitative estimate of drug-likeness (QED) is 0.847. The Hall–Kier alpha value is -1.31. The Labute approximate surface area is 126 Å². The average Bonchev–Trinajstić information content (AvgIpc) is 2.37. The van der Waals surface area contributed by atoms with Crippen LogP contribution in [0.5, 0.6) is 0 Å². The van der Waals surface area contributed by atoms with Gasteiger partial charge in [0.2, 0.25) is 10.0 Å². The van der Waals surface area contributed by atoms with Crippen molar-refractivity contribution < 1.29 is 13.2 Å². The summed E-state index contributed by atoms with van der Waals surface area (Å²) in [5, 5.41) is 0. The summed E-state index contributed by atoms with van der Waals surface area (Å²) in [5.74, 6) is 0. The second-order valence-corrected chi connectivity index (χ2v) is 7.76. The molecule has 1 heterocycles. The predicted molar refractivity (Wildman–Crippen MR) is 83.9 cm³/mol. The molecule has 2 unspecified atom stereocenters. The number of rotatable bonds is 3. The van der Waals surface area contributed by atoms with Crippen molar-refractivity contribution in [3.63, 3.8) is 0 Å². The molecule has 2 rings (SSSR count). The van der Waals surface area contributed by atoms with Gasteiger partial charge in [0.15, 0.2) is 0 Å². The van der Waals surface area contributed by atoms with E-state index >= 15 is 0 Å². The Morgan fingerprint density at radius 3 is 2.33 bits per heavy atom. The third kappa shape index (κ3) is 3.14. The minimum absolute atomic E-state index is 0.0854. The maximum absolute atomic E-state index is 12.3. The molecular weight excluding hydrogens is 290 g/mol. The zero-order valence-corrected chi connectivity index (χ0v) is 13.7. The lowest BCUT2D eigenvalue weighted by molar-refractivity contribution is -0.00517. The normalized spacial score (nSPS) is 23.6. The van der Waals surface area contributed by atoms with Crippen LogP contribution in [0.1, 0.15) is 13.8 Å². The molecule has 2 N–H and O–H groups in total. The van der Waals surface area contributed by atoms with Crippen LogP contribution in [0.2, 0.25) is 0 Å². The van der Waals surface area contributed by atoms with Crippen molar-refractivity contribution in [2.75, 3.05) is 37.8 Å². The van der Waals surface area contributed by atoms with Gasteiger partial charge in [0.1, 0.15) is 4.90 Å². The maximum Gasteiger partial charge on any atom is 0.244 e. The van der Waals surface area contributed by atoms with Crippen LogP contribution in [0.4, 0.5) is 11.4 Å². The molecule has 1 saturated heterocycles. The van der Waals surface area contributed by atoms with E-state index in [1.165, 1.54) is 18.4 Å². The van der Waals surface area contributed by atoms with E-state index in [9.17, 15) is 8.42 Å². The van der Waals surface area contributed by atoms with Crippen molar-refractivity contribution in [2.45, 2.75) is 31.0 Å². The van der Waals surface area contributed by atoms with Crippen LogP contribution in [0.25, 0.3) is 0 Å². The molecule has 1 aliphatic heterocycles. The fraction of sp³-hybridized carbons (Fsp3) is 0.571. The van der Waals surface area contributed by atoms with E-state index in [0.717, 1.165) is 5.69 Å². The molecule has 6 nitrogen and oxygen atoms in total. The van der Waals surface area contributed by atoms with Crippen molar-refractivity contribution in [3.8, 4) is 0 Å². The maximum atomic E-state index is 12.3. The fourth-order valence-electron chi connectivity index (χ4n) is 2.60. The second-order valence-electron chi connectivity index (χ2n) is 5.64. The highest BCUT2D eigenvalue weighted by Gasteiger charge is 2.27. The topological polar surface area (TPSA) is 75.9 Å². The lowest BCUT2D eigenvalue weighted by atomic mass is 10.2. The van der Waals surface area contributed by atoms with E-state index in [-0.39, 0.29) is 17.1 Å². The van der Waals surface area contributed by atoms with Gasteiger partial charge >= 0.3 is 0 Å². The van der Waals surface area contributed by atoms with Crippen LogP contribution in [-0.2, 0) is 14.8 Å². The van der Waals surface area contributed by atoms with Crippen molar-refractivity contribution in [1.29, 1.82) is 0 Å². The predicted octanol–water partition coefficient (Wildman–Crippen LogP) is 1.13. The molecule has 1 aromatic rings. The molecule has 21 heavy (non-hydrogen) atoms. The third-order valence-corrected chi connectivity index (χ3v) is 5.44. The van der Waals surface area contributed by atoms with Gasteiger partial charge in [0, 0.05) is 27.2 Å². The van der Waals surface area contributed by atoms with Crippen LogP contribution in [0.15, 0.2) is 23.1 Å². The van der Waals surface area contributed by atoms with E-state index in [1.54, 1.807) is 12.1 Å². The summed E-state index contributed by atoms with van der Waals surface area (Å²) < 4.78 is 31.5. The van der Waals surface area contributed by atoms with Gasteiger partial charge in [-0.1, -0.05) is 6.07 Å². The number of para-hydroxylation sites is 1. The van der Waals surface area contributed by atoms with Crippen LogP contribution in [-0.4, -0.2) is 52.1 Å². The monoisotopic (exact) mass is 313 g/mol.